The number of rotatable bonds is 8. The van der Waals surface area contributed by atoms with E-state index in [1.165, 1.54) is 49.4 Å². The average Bonchev–Trinajstić information content (AvgIpc) is 2.88. The van der Waals surface area contributed by atoms with Crippen LogP contribution in [0.5, 0.6) is 5.88 Å². The Morgan fingerprint density at radius 2 is 1.79 bits per heavy atom. The number of amides is 1. The maximum Gasteiger partial charge on any atom is 0.262 e. The molecule has 13 heteroatoms. The monoisotopic (exact) mass is 575 g/mol. The lowest BCUT2D eigenvalue weighted by atomic mass is 10.0. The molecule has 2 aromatic carbocycles. The van der Waals surface area contributed by atoms with Gasteiger partial charge in [0, 0.05) is 35.4 Å². The normalized spacial score (nSPS) is 12.2. The summed E-state index contributed by atoms with van der Waals surface area (Å²) in [6.07, 6.45) is 2.91. The zero-order chi connectivity index (χ0) is 27.6. The van der Waals surface area contributed by atoms with Gasteiger partial charge in [0.2, 0.25) is 11.8 Å². The summed E-state index contributed by atoms with van der Waals surface area (Å²) in [5.41, 5.74) is 1.35. The fourth-order valence-electron chi connectivity index (χ4n) is 3.83. The smallest absolute Gasteiger partial charge is 0.262 e. The molecule has 0 fully saturated rings. The number of pyridine rings is 1. The Bertz CT molecular complexity index is 1690. The van der Waals surface area contributed by atoms with Crippen molar-refractivity contribution in [1.82, 2.24) is 19.9 Å². The zero-order valence-electron chi connectivity index (χ0n) is 20.5. The number of sulfonamides is 1. The number of aromatic nitrogens is 3. The van der Waals surface area contributed by atoms with Gasteiger partial charge < -0.3 is 10.1 Å². The summed E-state index contributed by atoms with van der Waals surface area (Å²) >= 11 is 12.0. The van der Waals surface area contributed by atoms with Crippen molar-refractivity contribution in [1.29, 1.82) is 0 Å². The van der Waals surface area contributed by atoms with E-state index in [9.17, 15) is 18.0 Å². The van der Waals surface area contributed by atoms with Crippen LogP contribution >= 0.6 is 23.2 Å². The van der Waals surface area contributed by atoms with Crippen molar-refractivity contribution < 1.29 is 17.9 Å². The van der Waals surface area contributed by atoms with Gasteiger partial charge in [-0.15, -0.1) is 0 Å². The first kappa shape index (κ1) is 27.4. The number of nitrogens with zero attached hydrogens (tertiary/aromatic N) is 3. The molecule has 2 heterocycles. The molecule has 0 unspecified atom stereocenters. The SMILES string of the molecule is CNC(=O)[C@H](C)Cn1cnc2ccc(-c3cnc(OC)c(NS(=O)(=O)c4cc(Cl)cc(Cl)c4)c3)cc2c1=O. The summed E-state index contributed by atoms with van der Waals surface area (Å²) < 4.78 is 35.2. The number of ether oxygens (including phenoxy) is 1. The molecule has 4 aromatic rings. The highest BCUT2D eigenvalue weighted by Crippen LogP contribution is 2.32. The van der Waals surface area contributed by atoms with Gasteiger partial charge >= 0.3 is 0 Å². The van der Waals surface area contributed by atoms with Gasteiger partial charge in [0.25, 0.3) is 15.6 Å². The first-order valence-electron chi connectivity index (χ1n) is 11.3. The molecule has 0 aliphatic heterocycles. The third kappa shape index (κ3) is 5.74. The highest BCUT2D eigenvalue weighted by molar-refractivity contribution is 7.92. The Morgan fingerprint density at radius 3 is 2.45 bits per heavy atom. The summed E-state index contributed by atoms with van der Waals surface area (Å²) in [4.78, 5) is 33.5. The number of carbonyl (C=O) groups excluding carboxylic acids is 1. The van der Waals surface area contributed by atoms with Crippen LogP contribution in [0.3, 0.4) is 0 Å². The van der Waals surface area contributed by atoms with Crippen LogP contribution in [0, 0.1) is 5.92 Å². The van der Waals surface area contributed by atoms with Gasteiger partial charge in [0.15, 0.2) is 0 Å². The molecule has 2 N–H and O–H groups in total. The second-order valence-corrected chi connectivity index (χ2v) is 11.0. The predicted octanol–water partition coefficient (Wildman–Crippen LogP) is 3.96. The number of benzene rings is 2. The van der Waals surface area contributed by atoms with E-state index >= 15 is 0 Å². The molecule has 38 heavy (non-hydrogen) atoms. The predicted molar refractivity (Wildman–Crippen MR) is 146 cm³/mol. The fraction of sp³-hybridized carbons (Fsp3) is 0.200. The lowest BCUT2D eigenvalue weighted by molar-refractivity contribution is -0.124. The number of hydrogen-bond acceptors (Lipinski definition) is 7. The minimum absolute atomic E-state index is 0.0402. The van der Waals surface area contributed by atoms with Crippen LogP contribution < -0.4 is 20.3 Å². The molecular formula is C25H23Cl2N5O5S. The standard InChI is InChI=1S/C25H23Cl2N5O5S/c1-14(23(33)28-2)12-32-13-30-21-5-4-15(6-20(21)25(32)34)16-7-22(24(37-3)29-11-16)31-38(35,36)19-9-17(26)8-18(27)10-19/h4-11,13-14,31H,12H2,1-3H3,(H,28,33)/t14-/m1/s1. The van der Waals surface area contributed by atoms with Crippen LogP contribution in [0.4, 0.5) is 5.69 Å². The number of nitrogens with one attached hydrogen (secondary N) is 2. The van der Waals surface area contributed by atoms with Crippen molar-refractivity contribution in [3.8, 4) is 17.0 Å². The number of methoxy groups -OCH3 is 1. The molecule has 0 radical (unpaired) electrons. The molecule has 2 aromatic heterocycles. The lowest BCUT2D eigenvalue weighted by Crippen LogP contribution is -2.32. The number of carbonyl (C=O) groups is 1. The minimum Gasteiger partial charge on any atom is -0.480 e. The number of halogens is 2. The molecule has 0 aliphatic carbocycles. The Balaban J connectivity index is 1.73. The largest absolute Gasteiger partial charge is 0.480 e. The molecular weight excluding hydrogens is 553 g/mol. The van der Waals surface area contributed by atoms with Crippen LogP contribution in [0.15, 0.2) is 64.7 Å². The fourth-order valence-corrected chi connectivity index (χ4v) is 5.60. The Morgan fingerprint density at radius 1 is 1.08 bits per heavy atom. The molecule has 1 atom stereocenters. The quantitative estimate of drug-likeness (QED) is 0.325. The van der Waals surface area contributed by atoms with E-state index in [0.29, 0.717) is 22.0 Å². The van der Waals surface area contributed by atoms with Gasteiger partial charge in [-0.2, -0.15) is 0 Å². The third-order valence-corrected chi connectivity index (χ3v) is 7.54. The second kappa shape index (κ2) is 11.0. The Hall–Kier alpha value is -3.67. The van der Waals surface area contributed by atoms with E-state index in [1.54, 1.807) is 31.2 Å². The van der Waals surface area contributed by atoms with Gasteiger partial charge in [-0.3, -0.25) is 18.9 Å². The van der Waals surface area contributed by atoms with Crippen LogP contribution in [0.2, 0.25) is 10.0 Å². The van der Waals surface area contributed by atoms with E-state index in [-0.39, 0.29) is 44.5 Å². The molecule has 0 saturated heterocycles. The van der Waals surface area contributed by atoms with Gasteiger partial charge in [0.1, 0.15) is 5.69 Å². The maximum absolute atomic E-state index is 13.2. The van der Waals surface area contributed by atoms with Crippen LogP contribution in [0.1, 0.15) is 6.92 Å². The highest BCUT2D eigenvalue weighted by atomic mass is 35.5. The first-order valence-corrected chi connectivity index (χ1v) is 13.5. The van der Waals surface area contributed by atoms with Gasteiger partial charge in [-0.25, -0.2) is 18.4 Å². The van der Waals surface area contributed by atoms with Crippen LogP contribution in [-0.2, 0) is 21.4 Å². The Kier molecular flexibility index (Phi) is 7.91. The minimum atomic E-state index is -4.09. The van der Waals surface area contributed by atoms with Crippen molar-refractivity contribution in [2.75, 3.05) is 18.9 Å². The molecule has 0 spiro atoms. The molecule has 0 saturated carbocycles. The second-order valence-electron chi connectivity index (χ2n) is 8.44. The number of fused-ring (bicyclic) bond motifs is 1. The summed E-state index contributed by atoms with van der Waals surface area (Å²) in [6.45, 7) is 1.88. The van der Waals surface area contributed by atoms with Crippen molar-refractivity contribution in [3.63, 3.8) is 0 Å². The van der Waals surface area contributed by atoms with Gasteiger partial charge in [-0.1, -0.05) is 36.2 Å². The van der Waals surface area contributed by atoms with Crippen molar-refractivity contribution in [3.05, 3.63) is 75.4 Å². The molecule has 0 aliphatic rings. The Labute approximate surface area is 228 Å². The van der Waals surface area contributed by atoms with Crippen molar-refractivity contribution in [2.45, 2.75) is 18.4 Å². The van der Waals surface area contributed by atoms with Gasteiger partial charge in [-0.05, 0) is 42.0 Å². The maximum atomic E-state index is 13.2. The number of anilines is 1. The van der Waals surface area contributed by atoms with E-state index in [1.807, 2.05) is 0 Å². The van der Waals surface area contributed by atoms with E-state index in [0.717, 1.165) is 0 Å². The summed E-state index contributed by atoms with van der Waals surface area (Å²) in [5.74, 6) is -0.584. The summed E-state index contributed by atoms with van der Waals surface area (Å²) in [7, 11) is -1.20. The topological polar surface area (TPSA) is 132 Å². The summed E-state index contributed by atoms with van der Waals surface area (Å²) in [5, 5.41) is 3.23. The zero-order valence-corrected chi connectivity index (χ0v) is 22.9. The van der Waals surface area contributed by atoms with E-state index in [4.69, 9.17) is 27.9 Å². The first-order chi connectivity index (χ1) is 18.0. The van der Waals surface area contributed by atoms with Crippen molar-refractivity contribution >= 4 is 55.7 Å². The van der Waals surface area contributed by atoms with Crippen LogP contribution in [0.25, 0.3) is 22.0 Å². The molecule has 10 nitrogen and oxygen atoms in total. The van der Waals surface area contributed by atoms with E-state index < -0.39 is 15.9 Å². The number of hydrogen-bond donors (Lipinski definition) is 2. The van der Waals surface area contributed by atoms with Gasteiger partial charge in [0.05, 0.1) is 35.2 Å². The lowest BCUT2D eigenvalue weighted by Gasteiger charge is -2.14. The van der Waals surface area contributed by atoms with E-state index in [2.05, 4.69) is 20.0 Å². The highest BCUT2D eigenvalue weighted by Gasteiger charge is 2.20. The molecule has 4 rings (SSSR count). The average molecular weight is 576 g/mol. The molecule has 198 valence electrons. The molecule has 1 amide bonds. The molecule has 0 bridgehead atoms. The van der Waals surface area contributed by atoms with Crippen LogP contribution in [-0.4, -0.2) is 43.0 Å². The summed E-state index contributed by atoms with van der Waals surface area (Å²) in [6, 6.07) is 10.6. The van der Waals surface area contributed by atoms with Crippen molar-refractivity contribution in [2.24, 2.45) is 5.92 Å². The third-order valence-electron chi connectivity index (χ3n) is 5.76.